The molecular formula is C25H39N5O4. The molecule has 5 unspecified atom stereocenters. The monoisotopic (exact) mass is 473 g/mol. The van der Waals surface area contributed by atoms with Crippen LogP contribution in [0.1, 0.15) is 46.5 Å². The first-order chi connectivity index (χ1) is 16.4. The molecule has 0 bridgehead atoms. The minimum absolute atomic E-state index is 0.0816. The molecule has 1 aliphatic rings. The number of nitrogens with one attached hydrogen (secondary N) is 1. The number of unbranched alkanes of at least 4 members (excludes halogenated alkanes) is 3. The predicted molar refractivity (Wildman–Crippen MR) is 130 cm³/mol. The van der Waals surface area contributed by atoms with Crippen LogP contribution >= 0.6 is 0 Å². The maximum absolute atomic E-state index is 11.8. The molecule has 3 rings (SSSR count). The molecule has 0 spiro atoms. The van der Waals surface area contributed by atoms with Gasteiger partial charge in [-0.15, -0.1) is 5.10 Å². The number of hydrogen-bond donors (Lipinski definition) is 2. The number of ether oxygens (including phenoxy) is 3. The average Bonchev–Trinajstić information content (AvgIpc) is 3.30. The van der Waals surface area contributed by atoms with E-state index in [1.165, 1.54) is 6.92 Å². The van der Waals surface area contributed by atoms with Gasteiger partial charge in [-0.25, -0.2) is 4.68 Å². The van der Waals surface area contributed by atoms with Gasteiger partial charge in [0.15, 0.2) is 6.29 Å². The summed E-state index contributed by atoms with van der Waals surface area (Å²) in [5.74, 6) is 1.05. The van der Waals surface area contributed by atoms with Crippen molar-refractivity contribution in [1.29, 1.82) is 0 Å². The zero-order chi connectivity index (χ0) is 24.5. The second-order valence-corrected chi connectivity index (χ2v) is 9.12. The molecule has 0 aliphatic carbocycles. The third kappa shape index (κ3) is 7.01. The first-order valence-corrected chi connectivity index (χ1v) is 12.2. The lowest BCUT2D eigenvalue weighted by atomic mass is 9.82. The highest BCUT2D eigenvalue weighted by atomic mass is 16.7. The van der Waals surface area contributed by atoms with Gasteiger partial charge in [-0.2, -0.15) is 0 Å². The second kappa shape index (κ2) is 12.8. The molecule has 9 heteroatoms. The largest absolute Gasteiger partial charge is 0.497 e. The summed E-state index contributed by atoms with van der Waals surface area (Å²) >= 11 is 0. The van der Waals surface area contributed by atoms with Gasteiger partial charge in [-0.05, 0) is 43.4 Å². The minimum atomic E-state index is -0.504. The molecule has 0 saturated carbocycles. The molecule has 1 saturated heterocycles. The number of benzene rings is 1. The topological polar surface area (TPSA) is 114 Å². The first kappa shape index (κ1) is 26.1. The highest BCUT2D eigenvalue weighted by Crippen LogP contribution is 2.32. The van der Waals surface area contributed by atoms with E-state index in [1.54, 1.807) is 7.11 Å². The van der Waals surface area contributed by atoms with E-state index in [9.17, 15) is 4.79 Å². The number of methoxy groups -OCH3 is 1. The number of amides is 1. The van der Waals surface area contributed by atoms with Crippen molar-refractivity contribution in [3.63, 3.8) is 0 Å². The van der Waals surface area contributed by atoms with Crippen LogP contribution in [0, 0.1) is 11.8 Å². The summed E-state index contributed by atoms with van der Waals surface area (Å²) in [4.78, 5) is 11.8. The average molecular weight is 474 g/mol. The van der Waals surface area contributed by atoms with Crippen LogP contribution < -0.4 is 15.8 Å². The fourth-order valence-corrected chi connectivity index (χ4v) is 4.37. The van der Waals surface area contributed by atoms with E-state index in [2.05, 4.69) is 29.5 Å². The van der Waals surface area contributed by atoms with Crippen molar-refractivity contribution in [3.05, 3.63) is 30.5 Å². The van der Waals surface area contributed by atoms with Gasteiger partial charge in [0.05, 0.1) is 32.0 Å². The Morgan fingerprint density at radius 3 is 2.74 bits per heavy atom. The van der Waals surface area contributed by atoms with Crippen molar-refractivity contribution in [1.82, 2.24) is 20.3 Å². The lowest BCUT2D eigenvalue weighted by Crippen LogP contribution is -2.58. The number of carbonyl (C=O) groups excluding carboxylic acids is 1. The molecular weight excluding hydrogens is 434 g/mol. The molecule has 5 atom stereocenters. The molecule has 1 amide bonds. The van der Waals surface area contributed by atoms with Crippen molar-refractivity contribution < 1.29 is 19.0 Å². The SMILES string of the molecule is COc1cccc(-c2cn(CC3OC(OCCCCCCN)C(NC(C)=O)C(C)C3C)nn2)c1. The van der Waals surface area contributed by atoms with E-state index < -0.39 is 6.29 Å². The van der Waals surface area contributed by atoms with Crippen molar-refractivity contribution in [2.75, 3.05) is 20.3 Å². The van der Waals surface area contributed by atoms with E-state index in [0.717, 1.165) is 49.2 Å². The number of nitrogens with two attached hydrogens (primary N) is 1. The van der Waals surface area contributed by atoms with Crippen molar-refractivity contribution in [3.8, 4) is 17.0 Å². The van der Waals surface area contributed by atoms with Crippen LogP contribution in [0.15, 0.2) is 30.5 Å². The van der Waals surface area contributed by atoms with E-state index in [1.807, 2.05) is 35.1 Å². The molecule has 188 valence electrons. The molecule has 1 aromatic carbocycles. The number of hydrogen-bond acceptors (Lipinski definition) is 7. The molecule has 1 aromatic heterocycles. The highest BCUT2D eigenvalue weighted by molar-refractivity contribution is 5.73. The van der Waals surface area contributed by atoms with Crippen LogP contribution in [0.4, 0.5) is 0 Å². The zero-order valence-corrected chi connectivity index (χ0v) is 20.8. The highest BCUT2D eigenvalue weighted by Gasteiger charge is 2.42. The Balaban J connectivity index is 1.66. The molecule has 34 heavy (non-hydrogen) atoms. The van der Waals surface area contributed by atoms with Crippen LogP contribution in [0.3, 0.4) is 0 Å². The summed E-state index contributed by atoms with van der Waals surface area (Å²) in [6.07, 6.45) is 5.42. The molecule has 9 nitrogen and oxygen atoms in total. The van der Waals surface area contributed by atoms with Gasteiger partial charge in [-0.3, -0.25) is 4.79 Å². The van der Waals surface area contributed by atoms with Gasteiger partial charge in [0.1, 0.15) is 11.4 Å². The molecule has 0 radical (unpaired) electrons. The molecule has 1 fully saturated rings. The molecule has 2 heterocycles. The Bertz CT molecular complexity index is 905. The van der Waals surface area contributed by atoms with Gasteiger partial charge in [-0.1, -0.05) is 44.0 Å². The molecule has 2 aromatic rings. The smallest absolute Gasteiger partial charge is 0.217 e. The summed E-state index contributed by atoms with van der Waals surface area (Å²) < 4.78 is 19.7. The minimum Gasteiger partial charge on any atom is -0.497 e. The van der Waals surface area contributed by atoms with Crippen LogP contribution in [-0.4, -0.2) is 59.6 Å². The van der Waals surface area contributed by atoms with Gasteiger partial charge < -0.3 is 25.3 Å². The standard InChI is InChI=1S/C25H39N5O4/c1-17-18(2)24(27-19(3)31)25(33-13-8-6-5-7-12-26)34-23(17)16-30-15-22(28-29-30)20-10-9-11-21(14-20)32-4/h9-11,14-15,17-18,23-25H,5-8,12-13,16,26H2,1-4H3,(H,27,31). The quantitative estimate of drug-likeness (QED) is 0.456. The van der Waals surface area contributed by atoms with Gasteiger partial charge in [0.2, 0.25) is 5.91 Å². The lowest BCUT2D eigenvalue weighted by Gasteiger charge is -2.44. The second-order valence-electron chi connectivity index (χ2n) is 9.12. The zero-order valence-electron chi connectivity index (χ0n) is 20.8. The normalized spacial score (nSPS) is 24.7. The maximum Gasteiger partial charge on any atom is 0.217 e. The van der Waals surface area contributed by atoms with E-state index in [0.29, 0.717) is 13.2 Å². The van der Waals surface area contributed by atoms with Crippen molar-refractivity contribution in [2.24, 2.45) is 17.6 Å². The summed E-state index contributed by atoms with van der Waals surface area (Å²) in [6, 6.07) is 7.55. The number of aromatic nitrogens is 3. The Kier molecular flexibility index (Phi) is 9.86. The van der Waals surface area contributed by atoms with Gasteiger partial charge in [0.25, 0.3) is 0 Å². The van der Waals surface area contributed by atoms with E-state index in [4.69, 9.17) is 19.9 Å². The fourth-order valence-electron chi connectivity index (χ4n) is 4.37. The first-order valence-electron chi connectivity index (χ1n) is 12.2. The number of carbonyl (C=O) groups is 1. The molecule has 1 aliphatic heterocycles. The summed E-state index contributed by atoms with van der Waals surface area (Å²) in [5.41, 5.74) is 7.29. The van der Waals surface area contributed by atoms with Gasteiger partial charge in [0, 0.05) is 19.1 Å². The summed E-state index contributed by atoms with van der Waals surface area (Å²) in [6.45, 7) is 7.67. The van der Waals surface area contributed by atoms with Gasteiger partial charge >= 0.3 is 0 Å². The lowest BCUT2D eigenvalue weighted by molar-refractivity contribution is -0.239. The maximum atomic E-state index is 11.8. The fraction of sp³-hybridized carbons (Fsp3) is 0.640. The van der Waals surface area contributed by atoms with Crippen LogP contribution in [-0.2, 0) is 20.8 Å². The predicted octanol–water partition coefficient (Wildman–Crippen LogP) is 2.99. The number of rotatable bonds is 12. The Morgan fingerprint density at radius 1 is 1.21 bits per heavy atom. The molecule has 3 N–H and O–H groups in total. The van der Waals surface area contributed by atoms with Crippen LogP contribution in [0.2, 0.25) is 0 Å². The third-order valence-corrected chi connectivity index (χ3v) is 6.61. The van der Waals surface area contributed by atoms with E-state index in [-0.39, 0.29) is 29.9 Å². The third-order valence-electron chi connectivity index (χ3n) is 6.61. The summed E-state index contributed by atoms with van der Waals surface area (Å²) in [7, 11) is 1.64. The van der Waals surface area contributed by atoms with Crippen LogP contribution in [0.25, 0.3) is 11.3 Å². The van der Waals surface area contributed by atoms with Crippen LogP contribution in [0.5, 0.6) is 5.75 Å². The van der Waals surface area contributed by atoms with E-state index >= 15 is 0 Å². The number of nitrogens with zero attached hydrogens (tertiary/aromatic N) is 3. The van der Waals surface area contributed by atoms with Crippen molar-refractivity contribution >= 4 is 5.91 Å². The Morgan fingerprint density at radius 2 is 2.00 bits per heavy atom. The summed E-state index contributed by atoms with van der Waals surface area (Å²) in [5, 5.41) is 11.7. The Hall–Kier alpha value is -2.49. The van der Waals surface area contributed by atoms with Crippen molar-refractivity contribution in [2.45, 2.75) is 71.4 Å². The Labute approximate surface area is 202 Å².